The van der Waals surface area contributed by atoms with Gasteiger partial charge in [-0.15, -0.1) is 0 Å². The van der Waals surface area contributed by atoms with E-state index in [1.165, 1.54) is 0 Å². The quantitative estimate of drug-likeness (QED) is 0.315. The number of hydrogen-bond acceptors (Lipinski definition) is 5. The fourth-order valence-corrected chi connectivity index (χ4v) is 2.45. The first-order valence-electron chi connectivity index (χ1n) is 7.50. The maximum atomic E-state index is 8.62. The van der Waals surface area contributed by atoms with Crippen LogP contribution in [0.1, 0.15) is 34.1 Å². The van der Waals surface area contributed by atoms with Crippen molar-refractivity contribution in [3.05, 3.63) is 0 Å². The number of ether oxygens (including phenoxy) is 1. The van der Waals surface area contributed by atoms with E-state index in [0.29, 0.717) is 18.5 Å². The third-order valence-electron chi connectivity index (χ3n) is 3.85. The Morgan fingerprint density at radius 3 is 2.70 bits per heavy atom. The normalized spacial score (nSPS) is 22.1. The molecule has 1 rings (SSSR count). The topological polar surface area (TPSA) is 74.3 Å². The minimum absolute atomic E-state index is 0.237. The molecule has 0 aromatic rings. The summed E-state index contributed by atoms with van der Waals surface area (Å²) in [6, 6.07) is 0.977. The molecule has 0 amide bonds. The van der Waals surface area contributed by atoms with Crippen LogP contribution in [-0.2, 0) is 4.74 Å². The van der Waals surface area contributed by atoms with Crippen molar-refractivity contribution in [1.82, 2.24) is 9.80 Å². The van der Waals surface area contributed by atoms with E-state index in [2.05, 4.69) is 42.7 Å². The maximum absolute atomic E-state index is 8.62. The van der Waals surface area contributed by atoms with Crippen LogP contribution in [0.25, 0.3) is 0 Å². The van der Waals surface area contributed by atoms with Crippen LogP contribution in [0.4, 0.5) is 0 Å². The van der Waals surface area contributed by atoms with Gasteiger partial charge in [-0.25, -0.2) is 0 Å². The van der Waals surface area contributed by atoms with Crippen LogP contribution >= 0.6 is 0 Å². The highest BCUT2D eigenvalue weighted by molar-refractivity contribution is 5.79. The summed E-state index contributed by atoms with van der Waals surface area (Å²) >= 11 is 0. The second-order valence-corrected chi connectivity index (χ2v) is 6.01. The minimum atomic E-state index is 0.237. The van der Waals surface area contributed by atoms with Crippen molar-refractivity contribution in [3.63, 3.8) is 0 Å². The largest absolute Gasteiger partial charge is 0.409 e. The van der Waals surface area contributed by atoms with Gasteiger partial charge in [-0.05, 0) is 27.7 Å². The lowest BCUT2D eigenvalue weighted by Gasteiger charge is -2.38. The molecule has 0 aromatic carbocycles. The molecule has 6 heteroatoms. The van der Waals surface area contributed by atoms with E-state index in [-0.39, 0.29) is 11.9 Å². The molecule has 20 heavy (non-hydrogen) atoms. The van der Waals surface area contributed by atoms with E-state index in [1.54, 1.807) is 0 Å². The molecule has 1 aliphatic heterocycles. The number of oxime groups is 1. The monoisotopic (exact) mass is 286 g/mol. The molecule has 0 aliphatic carbocycles. The number of hydrogen-bond donors (Lipinski definition) is 2. The Labute approximate surface area is 122 Å². The van der Waals surface area contributed by atoms with Crippen molar-refractivity contribution in [3.8, 4) is 0 Å². The molecule has 3 N–H and O–H groups in total. The number of nitrogens with zero attached hydrogens (tertiary/aromatic N) is 3. The van der Waals surface area contributed by atoms with E-state index >= 15 is 0 Å². The molecule has 1 atom stereocenters. The van der Waals surface area contributed by atoms with Gasteiger partial charge in [0.1, 0.15) is 5.84 Å². The fourth-order valence-electron chi connectivity index (χ4n) is 2.45. The maximum Gasteiger partial charge on any atom is 0.140 e. The van der Waals surface area contributed by atoms with Gasteiger partial charge in [-0.1, -0.05) is 5.16 Å². The zero-order valence-corrected chi connectivity index (χ0v) is 13.2. The van der Waals surface area contributed by atoms with Gasteiger partial charge < -0.3 is 15.7 Å². The number of rotatable bonds is 7. The van der Waals surface area contributed by atoms with Gasteiger partial charge in [-0.2, -0.15) is 0 Å². The predicted molar refractivity (Wildman–Crippen MR) is 81.2 cm³/mol. The first-order chi connectivity index (χ1) is 9.43. The van der Waals surface area contributed by atoms with Crippen LogP contribution in [0.15, 0.2) is 5.16 Å². The standard InChI is InChI=1S/C14H30N4O2/c1-11(2)17(6-5-14(15)16-19)9-13-10-18(12(3)4)7-8-20-13/h11-13,19H,5-10H2,1-4H3,(H2,15,16). The van der Waals surface area contributed by atoms with Gasteiger partial charge in [0, 0.05) is 44.7 Å². The number of nitrogens with two attached hydrogens (primary N) is 1. The molecule has 118 valence electrons. The van der Waals surface area contributed by atoms with Gasteiger partial charge in [-0.3, -0.25) is 9.80 Å². The summed E-state index contributed by atoms with van der Waals surface area (Å²) in [5, 5.41) is 11.6. The molecule has 0 radical (unpaired) electrons. The van der Waals surface area contributed by atoms with Crippen molar-refractivity contribution in [2.24, 2.45) is 10.9 Å². The number of morpholine rings is 1. The third-order valence-corrected chi connectivity index (χ3v) is 3.85. The van der Waals surface area contributed by atoms with E-state index in [4.69, 9.17) is 15.7 Å². The zero-order chi connectivity index (χ0) is 15.1. The lowest BCUT2D eigenvalue weighted by molar-refractivity contribution is -0.0551. The van der Waals surface area contributed by atoms with Crippen LogP contribution in [0.2, 0.25) is 0 Å². The molecule has 1 heterocycles. The lowest BCUT2D eigenvalue weighted by atomic mass is 10.2. The molecule has 1 saturated heterocycles. The summed E-state index contributed by atoms with van der Waals surface area (Å²) in [5.41, 5.74) is 5.55. The van der Waals surface area contributed by atoms with Crippen LogP contribution in [0.3, 0.4) is 0 Å². The second kappa shape index (κ2) is 8.44. The van der Waals surface area contributed by atoms with Gasteiger partial charge in [0.15, 0.2) is 0 Å². The van der Waals surface area contributed by atoms with Crippen LogP contribution < -0.4 is 5.73 Å². The van der Waals surface area contributed by atoms with Gasteiger partial charge in [0.25, 0.3) is 0 Å². The molecule has 0 spiro atoms. The second-order valence-electron chi connectivity index (χ2n) is 6.01. The van der Waals surface area contributed by atoms with Crippen molar-refractivity contribution in [2.75, 3.05) is 32.8 Å². The van der Waals surface area contributed by atoms with Crippen LogP contribution in [-0.4, -0.2) is 71.8 Å². The van der Waals surface area contributed by atoms with Gasteiger partial charge in [0.2, 0.25) is 0 Å². The summed E-state index contributed by atoms with van der Waals surface area (Å²) in [6.45, 7) is 13.2. The SMILES string of the molecule is CC(C)N1CCOC(CN(CCC(N)=NO)C(C)C)C1. The Morgan fingerprint density at radius 1 is 1.45 bits per heavy atom. The Kier molecular flexibility index (Phi) is 7.26. The van der Waals surface area contributed by atoms with E-state index < -0.39 is 0 Å². The fraction of sp³-hybridized carbons (Fsp3) is 0.929. The molecule has 0 bridgehead atoms. The van der Waals surface area contributed by atoms with Gasteiger partial charge >= 0.3 is 0 Å². The third kappa shape index (κ3) is 5.64. The number of amidine groups is 1. The predicted octanol–water partition coefficient (Wildman–Crippen LogP) is 0.943. The Morgan fingerprint density at radius 2 is 2.15 bits per heavy atom. The summed E-state index contributed by atoms with van der Waals surface area (Å²) in [6.07, 6.45) is 0.816. The summed E-state index contributed by atoms with van der Waals surface area (Å²) in [5.74, 6) is 0.281. The highest BCUT2D eigenvalue weighted by atomic mass is 16.5. The molecule has 6 nitrogen and oxygen atoms in total. The molecule has 0 saturated carbocycles. The zero-order valence-electron chi connectivity index (χ0n) is 13.2. The highest BCUT2D eigenvalue weighted by Gasteiger charge is 2.25. The lowest BCUT2D eigenvalue weighted by Crippen LogP contribution is -2.51. The Hall–Kier alpha value is -0.850. The average Bonchev–Trinajstić information content (AvgIpc) is 2.42. The molecule has 1 aliphatic rings. The Balaban J connectivity index is 2.48. The average molecular weight is 286 g/mol. The van der Waals surface area contributed by atoms with Crippen molar-refractivity contribution >= 4 is 5.84 Å². The van der Waals surface area contributed by atoms with Crippen molar-refractivity contribution in [1.29, 1.82) is 0 Å². The summed E-state index contributed by atoms with van der Waals surface area (Å²) in [4.78, 5) is 4.78. The van der Waals surface area contributed by atoms with Crippen molar-refractivity contribution < 1.29 is 9.94 Å². The van der Waals surface area contributed by atoms with Crippen LogP contribution in [0.5, 0.6) is 0 Å². The Bertz CT molecular complexity index is 308. The smallest absolute Gasteiger partial charge is 0.140 e. The first kappa shape index (κ1) is 17.2. The van der Waals surface area contributed by atoms with Crippen molar-refractivity contribution in [2.45, 2.75) is 52.3 Å². The minimum Gasteiger partial charge on any atom is -0.409 e. The van der Waals surface area contributed by atoms with E-state index in [0.717, 1.165) is 32.8 Å². The van der Waals surface area contributed by atoms with Gasteiger partial charge in [0.05, 0.1) is 12.7 Å². The first-order valence-corrected chi connectivity index (χ1v) is 7.50. The molecular formula is C14H30N4O2. The molecule has 1 unspecified atom stereocenters. The van der Waals surface area contributed by atoms with E-state index in [1.807, 2.05) is 0 Å². The summed E-state index contributed by atoms with van der Waals surface area (Å²) in [7, 11) is 0. The van der Waals surface area contributed by atoms with E-state index in [9.17, 15) is 0 Å². The highest BCUT2D eigenvalue weighted by Crippen LogP contribution is 2.12. The van der Waals surface area contributed by atoms with Crippen LogP contribution in [0, 0.1) is 0 Å². The summed E-state index contributed by atoms with van der Waals surface area (Å²) < 4.78 is 5.88. The molecular weight excluding hydrogens is 256 g/mol. The molecule has 0 aromatic heterocycles. The molecule has 1 fully saturated rings.